The zero-order valence-electron chi connectivity index (χ0n) is 14.1. The molecule has 0 amide bonds. The Labute approximate surface area is 143 Å². The first-order valence-electron chi connectivity index (χ1n) is 7.81. The highest BCUT2D eigenvalue weighted by molar-refractivity contribution is 5.46. The van der Waals surface area contributed by atoms with Crippen molar-refractivity contribution in [3.8, 4) is 0 Å². The Hall–Kier alpha value is -2.89. The fourth-order valence-electron chi connectivity index (χ4n) is 2.57. The quantitative estimate of drug-likeness (QED) is 0.457. The molecule has 1 aromatic heterocycles. The van der Waals surface area contributed by atoms with Gasteiger partial charge in [-0.25, -0.2) is 4.57 Å². The van der Waals surface area contributed by atoms with Crippen molar-refractivity contribution in [1.29, 1.82) is 0 Å². The van der Waals surface area contributed by atoms with Crippen LogP contribution < -0.4 is 4.57 Å². The summed E-state index contributed by atoms with van der Waals surface area (Å²) in [5.41, 5.74) is 2.74. The van der Waals surface area contributed by atoms with Crippen LogP contribution in [-0.2, 0) is 11.3 Å². The Morgan fingerprint density at radius 3 is 2.25 bits per heavy atom. The van der Waals surface area contributed by atoms with E-state index in [2.05, 4.69) is 19.2 Å². The average molecular weight is 321 g/mol. The third-order valence-corrected chi connectivity index (χ3v) is 3.78. The predicted molar refractivity (Wildman–Crippen MR) is 91.9 cm³/mol. The van der Waals surface area contributed by atoms with E-state index in [1.807, 2.05) is 56.6 Å². The maximum absolute atomic E-state index is 7.07. The van der Waals surface area contributed by atoms with Crippen LogP contribution in [0.3, 0.4) is 0 Å². The number of pyridine rings is 1. The van der Waals surface area contributed by atoms with Gasteiger partial charge in [0.1, 0.15) is 19.8 Å². The van der Waals surface area contributed by atoms with Crippen LogP contribution in [0, 0.1) is 13.1 Å². The second-order valence-corrected chi connectivity index (χ2v) is 5.45. The second-order valence-electron chi connectivity index (χ2n) is 5.45. The summed E-state index contributed by atoms with van der Waals surface area (Å²) in [7, 11) is 0. The lowest BCUT2D eigenvalue weighted by Crippen LogP contribution is -2.35. The molecular formula is C19H21N4O+. The number of allylic oxidation sites excluding steroid dienone is 5. The van der Waals surface area contributed by atoms with Crippen LogP contribution >= 0.6 is 0 Å². The standard InChI is InChI=1S/C19H21N4O/c1-16-14-18(19(20-3)21-4)15-17(2)23(16)11-13-24-12-10-22-8-6-5-7-9-22/h5-9,14-15H,10-13H2,1-2H3/q+1. The fraction of sp³-hybridized carbons (Fsp3) is 0.316. The molecule has 0 radical (unpaired) electrons. The van der Waals surface area contributed by atoms with Crippen molar-refractivity contribution in [2.45, 2.75) is 20.4 Å². The van der Waals surface area contributed by atoms with Crippen molar-refractivity contribution in [2.75, 3.05) is 19.8 Å². The van der Waals surface area contributed by atoms with Gasteiger partial charge in [-0.05, 0) is 26.0 Å². The monoisotopic (exact) mass is 321 g/mol. The molecule has 122 valence electrons. The summed E-state index contributed by atoms with van der Waals surface area (Å²) < 4.78 is 7.82. The molecule has 0 saturated heterocycles. The molecule has 0 spiro atoms. The van der Waals surface area contributed by atoms with E-state index in [0.717, 1.165) is 24.5 Å². The van der Waals surface area contributed by atoms with Gasteiger partial charge in [0.25, 0.3) is 0 Å². The minimum atomic E-state index is 0.115. The molecule has 24 heavy (non-hydrogen) atoms. The third kappa shape index (κ3) is 4.55. The molecule has 0 fully saturated rings. The van der Waals surface area contributed by atoms with Gasteiger partial charge in [0.15, 0.2) is 18.9 Å². The van der Waals surface area contributed by atoms with Crippen LogP contribution in [-0.4, -0.2) is 24.7 Å². The summed E-state index contributed by atoms with van der Waals surface area (Å²) in [6.07, 6.45) is 7.82. The first kappa shape index (κ1) is 17.5. The molecule has 0 saturated carbocycles. The van der Waals surface area contributed by atoms with Gasteiger partial charge in [0, 0.05) is 30.1 Å². The van der Waals surface area contributed by atoms with Gasteiger partial charge in [-0.2, -0.15) is 9.69 Å². The lowest BCUT2D eigenvalue weighted by molar-refractivity contribution is -0.698. The van der Waals surface area contributed by atoms with Crippen molar-refractivity contribution < 1.29 is 9.30 Å². The van der Waals surface area contributed by atoms with E-state index in [1.54, 1.807) is 0 Å². The van der Waals surface area contributed by atoms with Gasteiger partial charge in [0.2, 0.25) is 0 Å². The zero-order chi connectivity index (χ0) is 17.4. The van der Waals surface area contributed by atoms with E-state index >= 15 is 0 Å². The van der Waals surface area contributed by atoms with Gasteiger partial charge >= 0.3 is 5.82 Å². The molecule has 1 aromatic rings. The molecule has 1 aliphatic rings. The van der Waals surface area contributed by atoms with Crippen molar-refractivity contribution >= 4 is 0 Å². The molecule has 2 rings (SSSR count). The first-order chi connectivity index (χ1) is 11.7. The summed E-state index contributed by atoms with van der Waals surface area (Å²) >= 11 is 0. The van der Waals surface area contributed by atoms with Crippen LogP contribution in [0.4, 0.5) is 0 Å². The number of nitrogens with zero attached hydrogens (tertiary/aromatic N) is 4. The Bertz CT molecular complexity index is 710. The smallest absolute Gasteiger partial charge is 0.373 e. The molecule has 0 unspecified atom stereocenters. The molecule has 0 aliphatic carbocycles. The minimum absolute atomic E-state index is 0.115. The van der Waals surface area contributed by atoms with Crippen molar-refractivity contribution in [2.24, 2.45) is 0 Å². The Morgan fingerprint density at radius 2 is 1.67 bits per heavy atom. The number of rotatable bonds is 6. The van der Waals surface area contributed by atoms with Gasteiger partial charge < -0.3 is 9.64 Å². The maximum atomic E-state index is 7.07. The first-order valence-corrected chi connectivity index (χ1v) is 7.81. The topological polar surface area (TPSA) is 25.1 Å². The third-order valence-electron chi connectivity index (χ3n) is 3.78. The minimum Gasteiger partial charge on any atom is -0.373 e. The molecule has 5 nitrogen and oxygen atoms in total. The van der Waals surface area contributed by atoms with Crippen molar-refractivity contribution in [1.82, 2.24) is 4.90 Å². The Kier molecular flexibility index (Phi) is 6.31. The van der Waals surface area contributed by atoms with E-state index in [9.17, 15) is 0 Å². The number of aromatic nitrogens is 1. The molecule has 0 aromatic carbocycles. The molecule has 2 heterocycles. The summed E-state index contributed by atoms with van der Waals surface area (Å²) in [5.74, 6) is 0.115. The highest BCUT2D eigenvalue weighted by Crippen LogP contribution is 2.25. The highest BCUT2D eigenvalue weighted by atomic mass is 16.5. The molecule has 0 atom stereocenters. The summed E-state index contributed by atoms with van der Waals surface area (Å²) in [4.78, 5) is 8.70. The number of hydrogen-bond acceptors (Lipinski definition) is 2. The SMILES string of the molecule is [C-]#[N+]C([N+]#[C-])=C1C=C(C)N(CCOCC[n+]2ccccc2)C(C)=C1. The summed E-state index contributed by atoms with van der Waals surface area (Å²) in [6.45, 7) is 21.0. The van der Waals surface area contributed by atoms with E-state index in [0.29, 0.717) is 18.8 Å². The van der Waals surface area contributed by atoms with E-state index in [4.69, 9.17) is 17.9 Å². The van der Waals surface area contributed by atoms with Gasteiger partial charge in [-0.3, -0.25) is 0 Å². The lowest BCUT2D eigenvalue weighted by atomic mass is 10.1. The molecular weight excluding hydrogens is 300 g/mol. The van der Waals surface area contributed by atoms with E-state index < -0.39 is 0 Å². The summed E-state index contributed by atoms with van der Waals surface area (Å²) in [6, 6.07) is 6.00. The average Bonchev–Trinajstić information content (AvgIpc) is 2.59. The normalized spacial score (nSPS) is 13.7. The van der Waals surface area contributed by atoms with Gasteiger partial charge in [-0.15, -0.1) is 0 Å². The van der Waals surface area contributed by atoms with Crippen molar-refractivity contribution in [3.63, 3.8) is 0 Å². The predicted octanol–water partition coefficient (Wildman–Crippen LogP) is 3.16. The van der Waals surface area contributed by atoms with E-state index in [1.165, 1.54) is 0 Å². The van der Waals surface area contributed by atoms with Gasteiger partial charge in [-0.1, -0.05) is 6.07 Å². The van der Waals surface area contributed by atoms with Crippen LogP contribution in [0.5, 0.6) is 0 Å². The van der Waals surface area contributed by atoms with Crippen LogP contribution in [0.2, 0.25) is 0 Å². The molecule has 0 N–H and O–H groups in total. The zero-order valence-corrected chi connectivity index (χ0v) is 14.1. The largest absolute Gasteiger partial charge is 0.526 e. The molecule has 0 bridgehead atoms. The van der Waals surface area contributed by atoms with Crippen LogP contribution in [0.1, 0.15) is 13.8 Å². The number of hydrogen-bond donors (Lipinski definition) is 0. The molecule has 5 heteroatoms. The van der Waals surface area contributed by atoms with Crippen LogP contribution in [0.25, 0.3) is 9.69 Å². The fourth-order valence-corrected chi connectivity index (χ4v) is 2.57. The van der Waals surface area contributed by atoms with E-state index in [-0.39, 0.29) is 5.82 Å². The van der Waals surface area contributed by atoms with Crippen LogP contribution in [0.15, 0.2) is 65.5 Å². The highest BCUT2D eigenvalue weighted by Gasteiger charge is 2.19. The molecule has 1 aliphatic heterocycles. The van der Waals surface area contributed by atoms with Crippen molar-refractivity contribution in [3.05, 3.63) is 88.4 Å². The lowest BCUT2D eigenvalue weighted by Gasteiger charge is -2.29. The second kappa shape index (κ2) is 8.67. The Morgan fingerprint density at radius 1 is 1.04 bits per heavy atom. The Balaban J connectivity index is 1.85. The number of ether oxygens (including phenoxy) is 1. The maximum Gasteiger partial charge on any atom is 0.526 e. The van der Waals surface area contributed by atoms with Gasteiger partial charge in [0.05, 0.1) is 12.2 Å². The summed E-state index contributed by atoms with van der Waals surface area (Å²) in [5, 5.41) is 0.